The summed E-state index contributed by atoms with van der Waals surface area (Å²) in [5.74, 6) is 1.45. The summed E-state index contributed by atoms with van der Waals surface area (Å²) < 4.78 is 4.59. The van der Waals surface area contributed by atoms with Crippen molar-refractivity contribution in [2.75, 3.05) is 0 Å². The van der Waals surface area contributed by atoms with Crippen molar-refractivity contribution in [2.24, 2.45) is 0 Å². The van der Waals surface area contributed by atoms with Crippen LogP contribution in [0.3, 0.4) is 0 Å². The second kappa shape index (κ2) is 8.45. The highest BCUT2D eigenvalue weighted by molar-refractivity contribution is 5.95. The van der Waals surface area contributed by atoms with Gasteiger partial charge < -0.3 is 17.0 Å². The molecule has 0 N–H and O–H groups in total. The molecule has 0 bridgehead atoms. The first kappa shape index (κ1) is 18.6. The van der Waals surface area contributed by atoms with Gasteiger partial charge in [-0.3, -0.25) is 4.79 Å². The molecular weight excluding hydrogens is 388 g/mol. The average molecular weight is 411 g/mol. The number of benzene rings is 2. The van der Waals surface area contributed by atoms with Gasteiger partial charge in [0.25, 0.3) is 5.82 Å². The van der Waals surface area contributed by atoms with Crippen molar-refractivity contribution in [3.8, 4) is 11.3 Å². The Morgan fingerprint density at radius 1 is 0.923 bits per heavy atom. The van der Waals surface area contributed by atoms with Crippen LogP contribution in [0.1, 0.15) is 35.4 Å². The van der Waals surface area contributed by atoms with E-state index in [0.717, 1.165) is 18.5 Å². The van der Waals surface area contributed by atoms with Crippen molar-refractivity contribution in [3.63, 3.8) is 0 Å². The normalized spacial score (nSPS) is 13.4. The van der Waals surface area contributed by atoms with Crippen LogP contribution in [0.5, 0.6) is 0 Å². The van der Waals surface area contributed by atoms with Crippen LogP contribution in [0.4, 0.5) is 0 Å². The van der Waals surface area contributed by atoms with Crippen LogP contribution in [0.2, 0.25) is 0 Å². The van der Waals surface area contributed by atoms with Gasteiger partial charge in [0.2, 0.25) is 5.78 Å². The molecule has 0 atom stereocenters. The fourth-order valence-corrected chi connectivity index (χ4v) is 3.69. The van der Waals surface area contributed by atoms with Crippen molar-refractivity contribution >= 4 is 5.78 Å². The lowest BCUT2D eigenvalue weighted by Crippen LogP contribution is -3.00. The lowest BCUT2D eigenvalue weighted by molar-refractivity contribution is -0.690. The van der Waals surface area contributed by atoms with E-state index in [0.29, 0.717) is 6.54 Å². The van der Waals surface area contributed by atoms with E-state index >= 15 is 0 Å². The number of ketones is 1. The Kier molecular flexibility index (Phi) is 6.04. The van der Waals surface area contributed by atoms with E-state index in [1.54, 1.807) is 0 Å². The molecule has 0 saturated heterocycles. The number of imidazole rings is 1. The highest BCUT2D eigenvalue weighted by atomic mass is 79.9. The quantitative estimate of drug-likeness (QED) is 0.466. The van der Waals surface area contributed by atoms with Crippen LogP contribution < -0.4 is 21.5 Å². The number of Topliss-reactive ketones (excluding diaryl/α,β-unsaturated/α-hetero) is 1. The molecule has 1 aliphatic heterocycles. The van der Waals surface area contributed by atoms with E-state index in [9.17, 15) is 4.79 Å². The Hall–Kier alpha value is -2.20. The van der Waals surface area contributed by atoms with Crippen molar-refractivity contribution in [1.82, 2.24) is 4.57 Å². The third-order valence-electron chi connectivity index (χ3n) is 4.97. The molecule has 1 aliphatic rings. The van der Waals surface area contributed by atoms with Crippen molar-refractivity contribution in [3.05, 3.63) is 78.2 Å². The molecule has 3 nitrogen and oxygen atoms in total. The summed E-state index contributed by atoms with van der Waals surface area (Å²) in [6, 6.07) is 20.1. The van der Waals surface area contributed by atoms with Crippen molar-refractivity contribution in [2.45, 2.75) is 38.8 Å². The molecule has 4 rings (SSSR count). The van der Waals surface area contributed by atoms with Gasteiger partial charge >= 0.3 is 0 Å². The van der Waals surface area contributed by atoms with Gasteiger partial charge in [-0.1, -0.05) is 60.7 Å². The van der Waals surface area contributed by atoms with E-state index < -0.39 is 0 Å². The number of hydrogen-bond donors (Lipinski definition) is 0. The fourth-order valence-electron chi connectivity index (χ4n) is 3.69. The number of nitrogens with zero attached hydrogens (tertiary/aromatic N) is 2. The van der Waals surface area contributed by atoms with Gasteiger partial charge in [-0.15, -0.1) is 0 Å². The van der Waals surface area contributed by atoms with Crippen LogP contribution in [0, 0.1) is 0 Å². The first-order valence-corrected chi connectivity index (χ1v) is 9.08. The average Bonchev–Trinajstić information content (AvgIpc) is 2.84. The number of halogens is 1. The predicted molar refractivity (Wildman–Crippen MR) is 98.4 cm³/mol. The maximum atomic E-state index is 12.7. The number of hydrogen-bond acceptors (Lipinski definition) is 1. The molecule has 1 aromatic heterocycles. The topological polar surface area (TPSA) is 25.9 Å². The van der Waals surface area contributed by atoms with E-state index in [1.165, 1.54) is 36.3 Å². The summed E-state index contributed by atoms with van der Waals surface area (Å²) in [4.78, 5) is 12.7. The van der Waals surface area contributed by atoms with Crippen LogP contribution in [-0.2, 0) is 19.5 Å². The van der Waals surface area contributed by atoms with Crippen LogP contribution in [0.15, 0.2) is 66.9 Å². The number of rotatable bonds is 4. The van der Waals surface area contributed by atoms with E-state index in [-0.39, 0.29) is 22.8 Å². The molecule has 0 saturated carbocycles. The summed E-state index contributed by atoms with van der Waals surface area (Å²) in [6.45, 7) is 1.44. The third-order valence-corrected chi connectivity index (χ3v) is 4.97. The summed E-state index contributed by atoms with van der Waals surface area (Å²) in [7, 11) is 0. The Labute approximate surface area is 165 Å². The summed E-state index contributed by atoms with van der Waals surface area (Å²) >= 11 is 0. The molecule has 0 aliphatic carbocycles. The first-order valence-electron chi connectivity index (χ1n) is 9.08. The number of carbonyl (C=O) groups is 1. The molecule has 4 heteroatoms. The summed E-state index contributed by atoms with van der Waals surface area (Å²) in [5, 5.41) is 0. The highest BCUT2D eigenvalue weighted by Gasteiger charge is 2.27. The minimum Gasteiger partial charge on any atom is -1.00 e. The minimum absolute atomic E-state index is 0. The molecule has 0 fully saturated rings. The highest BCUT2D eigenvalue weighted by Crippen LogP contribution is 2.23. The predicted octanol–water partition coefficient (Wildman–Crippen LogP) is 1.06. The first-order chi connectivity index (χ1) is 12.3. The molecule has 0 unspecified atom stereocenters. The molecule has 2 aromatic carbocycles. The molecule has 0 spiro atoms. The second-order valence-corrected chi connectivity index (χ2v) is 6.68. The Bertz CT molecular complexity index is 872. The van der Waals surface area contributed by atoms with Gasteiger partial charge in [0, 0.05) is 17.5 Å². The van der Waals surface area contributed by atoms with Gasteiger partial charge in [0.15, 0.2) is 12.2 Å². The lowest BCUT2D eigenvalue weighted by Gasteiger charge is -2.03. The van der Waals surface area contributed by atoms with Gasteiger partial charge in [-0.25, -0.2) is 9.13 Å². The fraction of sp³-hybridized carbons (Fsp3) is 0.273. The van der Waals surface area contributed by atoms with E-state index in [2.05, 4.69) is 39.6 Å². The van der Waals surface area contributed by atoms with Gasteiger partial charge in [-0.05, 0) is 19.3 Å². The number of aromatic nitrogens is 2. The zero-order valence-electron chi connectivity index (χ0n) is 14.8. The van der Waals surface area contributed by atoms with Crippen molar-refractivity contribution < 1.29 is 26.3 Å². The zero-order chi connectivity index (χ0) is 17.1. The van der Waals surface area contributed by atoms with E-state index in [1.807, 2.05) is 36.4 Å². The summed E-state index contributed by atoms with van der Waals surface area (Å²) in [5.41, 5.74) is 3.22. The van der Waals surface area contributed by atoms with E-state index in [4.69, 9.17) is 0 Å². The van der Waals surface area contributed by atoms with Gasteiger partial charge in [-0.2, -0.15) is 0 Å². The maximum absolute atomic E-state index is 12.7. The standard InChI is InChI=1S/C22H23N2O.BrH/c25-21(19-12-6-2-7-13-19)17-23-16-20(18-10-4-1-5-11-18)24-15-9-3-8-14-22(23)24;/h1-2,4-7,10-13,16H,3,8-9,14-15,17H2;1H/q+1;/p-1. The molecule has 134 valence electrons. The number of carbonyl (C=O) groups excluding carboxylic acids is 1. The van der Waals surface area contributed by atoms with Crippen LogP contribution in [-0.4, -0.2) is 10.4 Å². The molecule has 2 heterocycles. The second-order valence-electron chi connectivity index (χ2n) is 6.68. The Balaban J connectivity index is 0.00000196. The van der Waals surface area contributed by atoms with Crippen LogP contribution in [0.25, 0.3) is 11.3 Å². The number of fused-ring (bicyclic) bond motifs is 1. The largest absolute Gasteiger partial charge is 1.00 e. The maximum Gasteiger partial charge on any atom is 0.257 e. The van der Waals surface area contributed by atoms with Crippen molar-refractivity contribution in [1.29, 1.82) is 0 Å². The lowest BCUT2D eigenvalue weighted by atomic mass is 10.1. The van der Waals surface area contributed by atoms with Gasteiger partial charge in [0.1, 0.15) is 6.20 Å². The smallest absolute Gasteiger partial charge is 0.257 e. The molecule has 26 heavy (non-hydrogen) atoms. The monoisotopic (exact) mass is 410 g/mol. The summed E-state index contributed by atoms with van der Waals surface area (Å²) in [6.07, 6.45) is 6.85. The zero-order valence-corrected chi connectivity index (χ0v) is 16.4. The molecule has 0 amide bonds. The molecule has 0 radical (unpaired) electrons. The minimum atomic E-state index is 0. The molecular formula is C22H23BrN2O. The SMILES string of the molecule is O=C(C[n+]1cc(-c2ccccc2)n2c1CCCCC2)c1ccccc1.[Br-]. The van der Waals surface area contributed by atoms with Crippen LogP contribution >= 0.6 is 0 Å². The third kappa shape index (κ3) is 3.80. The Morgan fingerprint density at radius 3 is 2.35 bits per heavy atom. The Morgan fingerprint density at radius 2 is 1.62 bits per heavy atom. The van der Waals surface area contributed by atoms with Gasteiger partial charge in [0.05, 0.1) is 6.54 Å². The molecule has 3 aromatic rings.